The fourth-order valence-electron chi connectivity index (χ4n) is 6.70. The molecule has 2 aromatic carbocycles. The van der Waals surface area contributed by atoms with Crippen LogP contribution in [-0.4, -0.2) is 90.3 Å². The van der Waals surface area contributed by atoms with Crippen molar-refractivity contribution in [2.24, 2.45) is 11.3 Å². The van der Waals surface area contributed by atoms with Gasteiger partial charge in [-0.3, -0.25) is 24.3 Å². The van der Waals surface area contributed by atoms with Crippen LogP contribution in [0.3, 0.4) is 0 Å². The highest BCUT2D eigenvalue weighted by Crippen LogP contribution is 2.39. The van der Waals surface area contributed by atoms with E-state index in [9.17, 15) is 9.59 Å². The topological polar surface area (TPSA) is 53.1 Å². The Morgan fingerprint density at radius 3 is 2.19 bits per heavy atom. The van der Waals surface area contributed by atoms with Crippen LogP contribution in [0.1, 0.15) is 60.7 Å². The molecule has 2 fully saturated rings. The Bertz CT molecular complexity index is 1090. The smallest absolute Gasteiger partial charge is 0.261 e. The molecule has 3 aliphatic rings. The van der Waals surface area contributed by atoms with E-state index in [1.165, 1.54) is 11.3 Å². The van der Waals surface area contributed by atoms with Gasteiger partial charge in [-0.15, -0.1) is 0 Å². The summed E-state index contributed by atoms with van der Waals surface area (Å²) < 4.78 is 6.30. The minimum absolute atomic E-state index is 0.179. The average Bonchev–Trinajstić information content (AvgIpc) is 2.85. The van der Waals surface area contributed by atoms with E-state index in [2.05, 4.69) is 30.6 Å². The molecule has 0 spiro atoms. The van der Waals surface area contributed by atoms with Gasteiger partial charge in [-0.05, 0) is 48.1 Å². The molecule has 6 nitrogen and oxygen atoms in total. The molecule has 1 saturated heterocycles. The van der Waals surface area contributed by atoms with Crippen molar-refractivity contribution in [3.63, 3.8) is 0 Å². The lowest BCUT2D eigenvalue weighted by Gasteiger charge is -2.39. The van der Waals surface area contributed by atoms with Crippen molar-refractivity contribution in [2.75, 3.05) is 52.4 Å². The Morgan fingerprint density at radius 2 is 1.57 bits per heavy atom. The van der Waals surface area contributed by atoms with Gasteiger partial charge in [0.1, 0.15) is 0 Å². The van der Waals surface area contributed by atoms with Crippen LogP contribution in [0, 0.1) is 11.3 Å². The number of carbonyl (C=O) groups excluding carboxylic acids is 2. The summed E-state index contributed by atoms with van der Waals surface area (Å²) >= 11 is 4.84. The largest absolute Gasteiger partial charge is 0.377 e. The molecule has 1 saturated carbocycles. The van der Waals surface area contributed by atoms with Crippen LogP contribution in [-0.2, 0) is 4.74 Å². The number of carbonyl (C=O) groups is 2. The predicted molar refractivity (Wildman–Crippen MR) is 152 cm³/mol. The summed E-state index contributed by atoms with van der Waals surface area (Å²) in [6.07, 6.45) is 3.93. The molecule has 2 heterocycles. The van der Waals surface area contributed by atoms with Crippen molar-refractivity contribution >= 4 is 35.2 Å². The number of benzene rings is 2. The van der Waals surface area contributed by atoms with Gasteiger partial charge >= 0.3 is 0 Å². The number of ether oxygens (including phenoxy) is 1. The van der Waals surface area contributed by atoms with Crippen molar-refractivity contribution in [3.8, 4) is 0 Å². The summed E-state index contributed by atoms with van der Waals surface area (Å²) in [4.78, 5) is 32.5. The van der Waals surface area contributed by atoms with E-state index < -0.39 is 0 Å². The number of amides is 2. The highest BCUT2D eigenvalue weighted by molar-refractivity contribution is 7.81. The summed E-state index contributed by atoms with van der Waals surface area (Å²) in [6.45, 7) is 13.6. The third-order valence-electron chi connectivity index (χ3n) is 8.30. The van der Waals surface area contributed by atoms with Crippen LogP contribution < -0.4 is 0 Å². The summed E-state index contributed by atoms with van der Waals surface area (Å²) in [7, 11) is 0. The maximum atomic E-state index is 13.1. The maximum Gasteiger partial charge on any atom is 0.261 e. The molecule has 0 unspecified atom stereocenters. The fraction of sp³-hybridized carbons (Fsp3) is 0.600. The number of thiol groups is 1. The number of hydrogen-bond acceptors (Lipinski definition) is 6. The Kier molecular flexibility index (Phi) is 7.96. The van der Waals surface area contributed by atoms with Crippen molar-refractivity contribution in [3.05, 3.63) is 47.5 Å². The van der Waals surface area contributed by atoms with Crippen LogP contribution in [0.25, 0.3) is 10.8 Å². The lowest BCUT2D eigenvalue weighted by atomic mass is 9.71. The van der Waals surface area contributed by atoms with Gasteiger partial charge in [-0.1, -0.05) is 45.0 Å². The van der Waals surface area contributed by atoms with Crippen LogP contribution in [0.4, 0.5) is 0 Å². The number of nitrogens with zero attached hydrogens (tertiary/aromatic N) is 3. The van der Waals surface area contributed by atoms with E-state index in [0.29, 0.717) is 42.3 Å². The summed E-state index contributed by atoms with van der Waals surface area (Å²) in [5.74, 6) is 0.363. The van der Waals surface area contributed by atoms with Gasteiger partial charge in [0.05, 0.1) is 12.7 Å². The first kappa shape index (κ1) is 26.7. The molecule has 1 aliphatic carbocycles. The van der Waals surface area contributed by atoms with Crippen LogP contribution >= 0.6 is 12.6 Å². The SMILES string of the molecule is C[C@@H]1C[C@H](OC[C@@H](S)CN2CCN(CCN3C(=O)c4cccc5cccc(c45)C3=O)CC2)CC(C)(C)C1. The molecule has 3 atom stereocenters. The number of piperazine rings is 1. The second-order valence-electron chi connectivity index (χ2n) is 12.1. The van der Waals surface area contributed by atoms with Gasteiger partial charge < -0.3 is 4.74 Å². The molecule has 5 rings (SSSR count). The summed E-state index contributed by atoms with van der Waals surface area (Å²) in [5, 5.41) is 1.94. The van der Waals surface area contributed by atoms with Gasteiger partial charge in [-0.25, -0.2) is 0 Å². The molecule has 0 aromatic heterocycles. The van der Waals surface area contributed by atoms with E-state index in [1.54, 1.807) is 0 Å². The molecule has 2 aromatic rings. The van der Waals surface area contributed by atoms with Crippen LogP contribution in [0.5, 0.6) is 0 Å². The number of rotatable bonds is 8. The maximum absolute atomic E-state index is 13.1. The normalized spacial score (nSPS) is 25.6. The minimum Gasteiger partial charge on any atom is -0.377 e. The molecule has 0 N–H and O–H groups in total. The molecule has 2 aliphatic heterocycles. The first-order valence-electron chi connectivity index (χ1n) is 13.8. The average molecular weight is 524 g/mol. The lowest BCUT2D eigenvalue weighted by molar-refractivity contribution is -0.0243. The zero-order valence-corrected chi connectivity index (χ0v) is 23.4. The lowest BCUT2D eigenvalue weighted by Crippen LogP contribution is -2.51. The molecule has 0 radical (unpaired) electrons. The van der Waals surface area contributed by atoms with Gasteiger partial charge in [-0.2, -0.15) is 12.6 Å². The summed E-state index contributed by atoms with van der Waals surface area (Å²) in [6, 6.07) is 11.4. The van der Waals surface area contributed by atoms with Crippen LogP contribution in [0.15, 0.2) is 36.4 Å². The Hall–Kier alpha value is -1.93. The van der Waals surface area contributed by atoms with Gasteiger partial charge in [0.25, 0.3) is 11.8 Å². The minimum atomic E-state index is -0.179. The second kappa shape index (κ2) is 11.0. The molecule has 37 heavy (non-hydrogen) atoms. The Morgan fingerprint density at radius 1 is 0.946 bits per heavy atom. The van der Waals surface area contributed by atoms with Crippen molar-refractivity contribution < 1.29 is 14.3 Å². The van der Waals surface area contributed by atoms with E-state index >= 15 is 0 Å². The third-order valence-corrected chi connectivity index (χ3v) is 8.61. The summed E-state index contributed by atoms with van der Waals surface area (Å²) in [5.41, 5.74) is 1.63. The molecular formula is C30H41N3O3S. The Balaban J connectivity index is 1.07. The quantitative estimate of drug-likeness (QED) is 0.405. The molecule has 0 bridgehead atoms. The monoisotopic (exact) mass is 523 g/mol. The van der Waals surface area contributed by atoms with Gasteiger partial charge in [0, 0.05) is 67.6 Å². The van der Waals surface area contributed by atoms with Gasteiger partial charge in [0.2, 0.25) is 0 Å². The zero-order chi connectivity index (χ0) is 26.2. The first-order chi connectivity index (χ1) is 17.7. The molecule has 200 valence electrons. The van der Waals surface area contributed by atoms with E-state index in [1.807, 2.05) is 36.4 Å². The predicted octanol–water partition coefficient (Wildman–Crippen LogP) is 4.58. The van der Waals surface area contributed by atoms with Crippen molar-refractivity contribution in [2.45, 2.75) is 51.4 Å². The number of imide groups is 1. The van der Waals surface area contributed by atoms with Gasteiger partial charge in [0.15, 0.2) is 0 Å². The fourth-order valence-corrected chi connectivity index (χ4v) is 7.02. The first-order valence-corrected chi connectivity index (χ1v) is 14.3. The van der Waals surface area contributed by atoms with Crippen LogP contribution in [0.2, 0.25) is 0 Å². The van der Waals surface area contributed by atoms with E-state index in [4.69, 9.17) is 17.4 Å². The highest BCUT2D eigenvalue weighted by Gasteiger charge is 2.34. The van der Waals surface area contributed by atoms with Crippen molar-refractivity contribution in [1.29, 1.82) is 0 Å². The molecule has 7 heteroatoms. The standard InChI is InChI=1S/C30H41N3O3S/c1-21-16-23(18-30(2,3)17-21)36-20-24(37)19-32-12-10-31(11-13-32)14-15-33-28(34)25-8-4-6-22-7-5-9-26(27(22)25)29(33)35/h4-9,21,23-24,37H,10-20H2,1-3H3/t21-,23+,24+/m1/s1. The molecular weight excluding hydrogens is 482 g/mol. The zero-order valence-electron chi connectivity index (χ0n) is 22.5. The second-order valence-corrected chi connectivity index (χ2v) is 12.9. The number of hydrogen-bond donors (Lipinski definition) is 1. The van der Waals surface area contributed by atoms with E-state index in [-0.39, 0.29) is 17.1 Å². The van der Waals surface area contributed by atoms with Crippen molar-refractivity contribution in [1.82, 2.24) is 14.7 Å². The van der Waals surface area contributed by atoms with E-state index in [0.717, 1.165) is 62.3 Å². The highest BCUT2D eigenvalue weighted by atomic mass is 32.1. The third kappa shape index (κ3) is 6.06. The Labute approximate surface area is 226 Å². The molecule has 2 amide bonds.